The Bertz CT molecular complexity index is 433. The highest BCUT2D eigenvalue weighted by molar-refractivity contribution is 7.21. The minimum absolute atomic E-state index is 1.27. The molecule has 14 heavy (non-hydrogen) atoms. The molecule has 0 aliphatic carbocycles. The quantitative estimate of drug-likeness (QED) is 0.656. The van der Waals surface area contributed by atoms with E-state index in [1.807, 2.05) is 6.08 Å². The molecule has 0 aliphatic rings. The molecule has 0 radical (unpaired) electrons. The van der Waals surface area contributed by atoms with Crippen LogP contribution in [-0.2, 0) is 0 Å². The third-order valence-corrected chi connectivity index (χ3v) is 3.90. The summed E-state index contributed by atoms with van der Waals surface area (Å²) in [6.45, 7) is 3.65. The van der Waals surface area contributed by atoms with Gasteiger partial charge in [0.05, 0.1) is 0 Å². The van der Waals surface area contributed by atoms with Gasteiger partial charge in [-0.05, 0) is 29.7 Å². The van der Waals surface area contributed by atoms with E-state index >= 15 is 0 Å². The van der Waals surface area contributed by atoms with Crippen LogP contribution in [-0.4, -0.2) is 0 Å². The van der Waals surface area contributed by atoms with Gasteiger partial charge in [0.2, 0.25) is 0 Å². The zero-order chi connectivity index (χ0) is 9.80. The molecule has 2 heterocycles. The van der Waals surface area contributed by atoms with Crippen LogP contribution in [0, 0.1) is 0 Å². The number of hydrogen-bond acceptors (Lipinski definition) is 2. The Hall–Kier alpha value is -1.12. The Balaban J connectivity index is 2.26. The molecule has 2 heteroatoms. The standard InChI is InChI=1S/C12H10S2/c1-2-3-5-10-7-8-12(14-10)11-6-4-9-13-11/h2-9H,1H2. The molecule has 0 saturated carbocycles. The largest absolute Gasteiger partial charge is 0.143 e. The summed E-state index contributed by atoms with van der Waals surface area (Å²) in [7, 11) is 0. The van der Waals surface area contributed by atoms with E-state index in [0.29, 0.717) is 0 Å². The summed E-state index contributed by atoms with van der Waals surface area (Å²) >= 11 is 3.59. The Morgan fingerprint density at radius 3 is 2.79 bits per heavy atom. The maximum absolute atomic E-state index is 3.65. The first-order valence-corrected chi connectivity index (χ1v) is 6.02. The molecule has 70 valence electrons. The highest BCUT2D eigenvalue weighted by atomic mass is 32.1. The monoisotopic (exact) mass is 218 g/mol. The number of thiophene rings is 2. The lowest BCUT2D eigenvalue weighted by atomic mass is 10.3. The second-order valence-electron chi connectivity index (χ2n) is 2.77. The van der Waals surface area contributed by atoms with Gasteiger partial charge in [-0.1, -0.05) is 24.8 Å². The summed E-state index contributed by atoms with van der Waals surface area (Å²) in [4.78, 5) is 3.95. The highest BCUT2D eigenvalue weighted by Gasteiger charge is 2.00. The van der Waals surface area contributed by atoms with E-state index in [2.05, 4.69) is 42.3 Å². The van der Waals surface area contributed by atoms with Gasteiger partial charge in [-0.15, -0.1) is 22.7 Å². The Kier molecular flexibility index (Phi) is 2.96. The predicted octanol–water partition coefficient (Wildman–Crippen LogP) is 4.68. The summed E-state index contributed by atoms with van der Waals surface area (Å²) in [5, 5.41) is 2.11. The molecule has 0 aliphatic heterocycles. The Morgan fingerprint density at radius 2 is 2.07 bits per heavy atom. The maximum atomic E-state index is 3.65. The molecule has 0 bridgehead atoms. The van der Waals surface area contributed by atoms with Crippen molar-refractivity contribution in [3.8, 4) is 9.75 Å². The van der Waals surface area contributed by atoms with Crippen LogP contribution in [0.1, 0.15) is 4.88 Å². The molecule has 0 nitrogen and oxygen atoms in total. The third-order valence-electron chi connectivity index (χ3n) is 1.79. The lowest BCUT2D eigenvalue weighted by Gasteiger charge is -1.86. The molecule has 0 saturated heterocycles. The molecule has 2 rings (SSSR count). The van der Waals surface area contributed by atoms with Crippen molar-refractivity contribution >= 4 is 28.7 Å². The fraction of sp³-hybridized carbons (Fsp3) is 0. The van der Waals surface area contributed by atoms with E-state index in [-0.39, 0.29) is 0 Å². The molecule has 0 amide bonds. The lowest BCUT2D eigenvalue weighted by Crippen LogP contribution is -1.56. The predicted molar refractivity (Wildman–Crippen MR) is 66.9 cm³/mol. The summed E-state index contributed by atoms with van der Waals surface area (Å²) in [5.74, 6) is 0. The van der Waals surface area contributed by atoms with Crippen molar-refractivity contribution in [2.24, 2.45) is 0 Å². The first-order valence-electron chi connectivity index (χ1n) is 4.33. The third kappa shape index (κ3) is 2.03. The van der Waals surface area contributed by atoms with E-state index in [1.54, 1.807) is 28.7 Å². The van der Waals surface area contributed by atoms with Crippen molar-refractivity contribution in [2.45, 2.75) is 0 Å². The SMILES string of the molecule is C=CC=Cc1ccc(-c2cccs2)s1. The summed E-state index contributed by atoms with van der Waals surface area (Å²) in [6, 6.07) is 8.54. The maximum Gasteiger partial charge on any atom is 0.0448 e. The zero-order valence-corrected chi connectivity index (χ0v) is 9.28. The molecule has 2 aromatic rings. The highest BCUT2D eigenvalue weighted by Crippen LogP contribution is 2.31. The van der Waals surface area contributed by atoms with Crippen LogP contribution in [0.3, 0.4) is 0 Å². The average molecular weight is 218 g/mol. The minimum Gasteiger partial charge on any atom is -0.143 e. The minimum atomic E-state index is 1.27. The molecule has 2 aromatic heterocycles. The smallest absolute Gasteiger partial charge is 0.0448 e. The van der Waals surface area contributed by atoms with Gasteiger partial charge in [0, 0.05) is 14.6 Å². The summed E-state index contributed by atoms with van der Waals surface area (Å²) in [5.41, 5.74) is 0. The number of rotatable bonds is 3. The molecule has 0 atom stereocenters. The van der Waals surface area contributed by atoms with Gasteiger partial charge >= 0.3 is 0 Å². The van der Waals surface area contributed by atoms with Crippen LogP contribution < -0.4 is 0 Å². The molecular weight excluding hydrogens is 208 g/mol. The topological polar surface area (TPSA) is 0 Å². The van der Waals surface area contributed by atoms with Gasteiger partial charge in [0.1, 0.15) is 0 Å². The molecule has 0 fully saturated rings. The number of hydrogen-bond donors (Lipinski definition) is 0. The van der Waals surface area contributed by atoms with E-state index in [1.165, 1.54) is 14.6 Å². The van der Waals surface area contributed by atoms with Crippen molar-refractivity contribution in [2.75, 3.05) is 0 Å². The fourth-order valence-electron chi connectivity index (χ4n) is 1.16. The van der Waals surface area contributed by atoms with E-state index in [4.69, 9.17) is 0 Å². The van der Waals surface area contributed by atoms with Crippen molar-refractivity contribution < 1.29 is 0 Å². The van der Waals surface area contributed by atoms with Gasteiger partial charge < -0.3 is 0 Å². The van der Waals surface area contributed by atoms with Crippen molar-refractivity contribution in [1.82, 2.24) is 0 Å². The van der Waals surface area contributed by atoms with Crippen molar-refractivity contribution in [1.29, 1.82) is 0 Å². The Morgan fingerprint density at radius 1 is 1.14 bits per heavy atom. The van der Waals surface area contributed by atoms with Gasteiger partial charge in [-0.3, -0.25) is 0 Å². The van der Waals surface area contributed by atoms with Crippen LogP contribution in [0.15, 0.2) is 48.4 Å². The Labute approximate surface area is 91.8 Å². The van der Waals surface area contributed by atoms with E-state index in [0.717, 1.165) is 0 Å². The fourth-order valence-corrected chi connectivity index (χ4v) is 2.91. The van der Waals surface area contributed by atoms with Gasteiger partial charge in [-0.25, -0.2) is 0 Å². The van der Waals surface area contributed by atoms with E-state index < -0.39 is 0 Å². The van der Waals surface area contributed by atoms with Crippen molar-refractivity contribution in [3.05, 3.63) is 53.3 Å². The van der Waals surface area contributed by atoms with Crippen LogP contribution in [0.4, 0.5) is 0 Å². The van der Waals surface area contributed by atoms with Gasteiger partial charge in [-0.2, -0.15) is 0 Å². The lowest BCUT2D eigenvalue weighted by molar-refractivity contribution is 1.91. The van der Waals surface area contributed by atoms with Crippen LogP contribution in [0.5, 0.6) is 0 Å². The second-order valence-corrected chi connectivity index (χ2v) is 4.84. The van der Waals surface area contributed by atoms with Crippen LogP contribution >= 0.6 is 22.7 Å². The average Bonchev–Trinajstić information content (AvgIpc) is 2.85. The van der Waals surface area contributed by atoms with E-state index in [9.17, 15) is 0 Å². The molecule has 0 unspecified atom stereocenters. The molecule has 0 spiro atoms. The molecule has 0 aromatic carbocycles. The van der Waals surface area contributed by atoms with Crippen LogP contribution in [0.2, 0.25) is 0 Å². The van der Waals surface area contributed by atoms with Gasteiger partial charge in [0.15, 0.2) is 0 Å². The molecule has 0 N–H and O–H groups in total. The normalized spacial score (nSPS) is 10.9. The summed E-state index contributed by atoms with van der Waals surface area (Å²) in [6.07, 6.45) is 5.84. The zero-order valence-electron chi connectivity index (χ0n) is 7.64. The second kappa shape index (κ2) is 4.40. The summed E-state index contributed by atoms with van der Waals surface area (Å²) < 4.78 is 0. The van der Waals surface area contributed by atoms with Crippen LogP contribution in [0.25, 0.3) is 15.8 Å². The molecular formula is C12H10S2. The number of allylic oxidation sites excluding steroid dienone is 2. The van der Waals surface area contributed by atoms with Gasteiger partial charge in [0.25, 0.3) is 0 Å². The first-order chi connectivity index (χ1) is 6.90. The van der Waals surface area contributed by atoms with Crippen molar-refractivity contribution in [3.63, 3.8) is 0 Å². The first kappa shape index (κ1) is 9.44.